The molecule has 0 aliphatic heterocycles. The lowest BCUT2D eigenvalue weighted by atomic mass is 10.0. The van der Waals surface area contributed by atoms with E-state index in [1.807, 2.05) is 53.2 Å². The van der Waals surface area contributed by atoms with Gasteiger partial charge in [-0.05, 0) is 55.5 Å². The molecule has 0 aliphatic carbocycles. The maximum Gasteiger partial charge on any atom is 0.305 e. The first-order chi connectivity index (χ1) is 19.5. The van der Waals surface area contributed by atoms with Gasteiger partial charge in [-0.25, -0.2) is 0 Å². The minimum Gasteiger partial charge on any atom is -0.493 e. The molecule has 0 unspecified atom stereocenters. The molecule has 6 nitrogen and oxygen atoms in total. The Kier molecular flexibility index (Phi) is 10.6. The van der Waals surface area contributed by atoms with E-state index in [2.05, 4.69) is 36.5 Å². The van der Waals surface area contributed by atoms with Gasteiger partial charge in [0, 0.05) is 59.8 Å². The number of para-hydroxylation sites is 1. The summed E-state index contributed by atoms with van der Waals surface area (Å²) in [6.45, 7) is 6.01. The van der Waals surface area contributed by atoms with Gasteiger partial charge in [0.1, 0.15) is 5.75 Å². The Morgan fingerprint density at radius 3 is 2.45 bits per heavy atom. The van der Waals surface area contributed by atoms with Crippen LogP contribution in [-0.2, 0) is 29.0 Å². The second-order valence-corrected chi connectivity index (χ2v) is 9.99. The Hall–Kier alpha value is -3.77. The lowest BCUT2D eigenvalue weighted by molar-refractivity contribution is -0.143. The van der Waals surface area contributed by atoms with Crippen molar-refractivity contribution in [3.05, 3.63) is 95.2 Å². The van der Waals surface area contributed by atoms with Crippen LogP contribution in [-0.4, -0.2) is 35.4 Å². The molecule has 0 spiro atoms. The molecular weight excluding hydrogens is 524 g/mol. The molecule has 0 fully saturated rings. The molecule has 1 N–H and O–H groups in total. The fraction of sp³-hybridized carbons (Fsp3) is 0.333. The predicted molar refractivity (Wildman–Crippen MR) is 162 cm³/mol. The smallest absolute Gasteiger partial charge is 0.305 e. The SMILES string of the molecule is CCOC(=O)CCCn1cc(C(=O)c2ccc(NCc3ccc(CC)cc3)cc2OCCCCl)c2ccccc21. The minimum atomic E-state index is -0.208. The van der Waals surface area contributed by atoms with E-state index in [-0.39, 0.29) is 11.8 Å². The van der Waals surface area contributed by atoms with Crippen molar-refractivity contribution in [2.24, 2.45) is 0 Å². The highest BCUT2D eigenvalue weighted by Crippen LogP contribution is 2.30. The highest BCUT2D eigenvalue weighted by Gasteiger charge is 2.21. The van der Waals surface area contributed by atoms with Crippen LogP contribution < -0.4 is 10.1 Å². The normalized spacial score (nSPS) is 11.0. The van der Waals surface area contributed by atoms with E-state index in [9.17, 15) is 9.59 Å². The van der Waals surface area contributed by atoms with Crippen molar-refractivity contribution in [2.45, 2.75) is 52.6 Å². The maximum absolute atomic E-state index is 13.9. The summed E-state index contributed by atoms with van der Waals surface area (Å²) in [5, 5.41) is 4.32. The van der Waals surface area contributed by atoms with Crippen LogP contribution in [0.1, 0.15) is 60.2 Å². The van der Waals surface area contributed by atoms with Crippen molar-refractivity contribution in [1.82, 2.24) is 4.57 Å². The number of benzene rings is 3. The number of ether oxygens (including phenoxy) is 2. The van der Waals surface area contributed by atoms with Crippen molar-refractivity contribution in [3.8, 4) is 5.75 Å². The number of nitrogens with zero attached hydrogens (tertiary/aromatic N) is 1. The molecule has 0 radical (unpaired) electrons. The first-order valence-electron chi connectivity index (χ1n) is 14.0. The molecular formula is C33H37ClN2O4. The van der Waals surface area contributed by atoms with Crippen LogP contribution in [0, 0.1) is 0 Å². The van der Waals surface area contributed by atoms with Gasteiger partial charge in [0.15, 0.2) is 5.78 Å². The number of esters is 1. The number of halogens is 1. The first-order valence-corrected chi connectivity index (χ1v) is 14.5. The molecule has 1 aromatic heterocycles. The van der Waals surface area contributed by atoms with Crippen molar-refractivity contribution in [1.29, 1.82) is 0 Å². The number of hydrogen-bond donors (Lipinski definition) is 1. The average molecular weight is 561 g/mol. The Balaban J connectivity index is 1.57. The molecule has 0 saturated heterocycles. The molecule has 0 saturated carbocycles. The summed E-state index contributed by atoms with van der Waals surface area (Å²) in [4.78, 5) is 25.7. The molecule has 40 heavy (non-hydrogen) atoms. The monoisotopic (exact) mass is 560 g/mol. The molecule has 0 atom stereocenters. The van der Waals surface area contributed by atoms with Crippen LogP contribution in [0.4, 0.5) is 5.69 Å². The Morgan fingerprint density at radius 2 is 1.70 bits per heavy atom. The third kappa shape index (κ3) is 7.45. The first kappa shape index (κ1) is 29.2. The number of nitrogens with one attached hydrogen (secondary N) is 1. The summed E-state index contributed by atoms with van der Waals surface area (Å²) in [7, 11) is 0. The summed E-state index contributed by atoms with van der Waals surface area (Å²) < 4.78 is 13.2. The number of fused-ring (bicyclic) bond motifs is 1. The number of aromatic nitrogens is 1. The third-order valence-corrected chi connectivity index (χ3v) is 7.08. The average Bonchev–Trinajstić information content (AvgIpc) is 3.35. The number of rotatable bonds is 15. The number of ketones is 1. The molecule has 4 aromatic rings. The zero-order valence-electron chi connectivity index (χ0n) is 23.3. The Bertz CT molecular complexity index is 1430. The van der Waals surface area contributed by atoms with Crippen LogP contribution in [0.2, 0.25) is 0 Å². The molecule has 7 heteroatoms. The van der Waals surface area contributed by atoms with Crippen LogP contribution in [0.15, 0.2) is 72.9 Å². The standard InChI is InChI=1S/C33H37ClN2O4/c1-3-24-12-14-25(15-13-24)22-35-26-16-17-28(31(21-26)40-20-8-18-34)33(38)29-23-36(19-7-11-32(37)39-4-2)30-10-6-5-9-27(29)30/h5-6,9-10,12-17,21,23,35H,3-4,7-8,11,18-20,22H2,1-2H3. The van der Waals surface area contributed by atoms with Crippen LogP contribution in [0.5, 0.6) is 5.75 Å². The highest BCUT2D eigenvalue weighted by molar-refractivity contribution is 6.18. The number of anilines is 1. The number of carbonyl (C=O) groups is 2. The van der Waals surface area contributed by atoms with Gasteiger partial charge in [-0.1, -0.05) is 49.4 Å². The van der Waals surface area contributed by atoms with Crippen molar-refractivity contribution < 1.29 is 19.1 Å². The summed E-state index contributed by atoms with van der Waals surface area (Å²) in [6, 6.07) is 22.0. The van der Waals surface area contributed by atoms with Crippen LogP contribution in [0.25, 0.3) is 10.9 Å². The second-order valence-electron chi connectivity index (χ2n) is 9.62. The topological polar surface area (TPSA) is 69.6 Å². The van der Waals surface area contributed by atoms with Crippen LogP contribution >= 0.6 is 11.6 Å². The number of aryl methyl sites for hydroxylation is 2. The minimum absolute atomic E-state index is 0.108. The number of hydrogen-bond acceptors (Lipinski definition) is 5. The molecule has 210 valence electrons. The maximum atomic E-state index is 13.9. The summed E-state index contributed by atoms with van der Waals surface area (Å²) in [5.41, 5.74) is 5.41. The van der Waals surface area contributed by atoms with Crippen molar-refractivity contribution in [2.75, 3.05) is 24.4 Å². The lowest BCUT2D eigenvalue weighted by Gasteiger charge is -2.14. The molecule has 0 amide bonds. The Morgan fingerprint density at radius 1 is 0.925 bits per heavy atom. The zero-order valence-corrected chi connectivity index (χ0v) is 24.0. The predicted octanol–water partition coefficient (Wildman–Crippen LogP) is 7.40. The fourth-order valence-corrected chi connectivity index (χ4v) is 4.77. The molecule has 0 aliphatic rings. The van der Waals surface area contributed by atoms with E-state index in [1.54, 1.807) is 6.92 Å². The van der Waals surface area contributed by atoms with Gasteiger partial charge in [0.05, 0.1) is 18.8 Å². The van der Waals surface area contributed by atoms with Gasteiger partial charge in [0.2, 0.25) is 0 Å². The summed E-state index contributed by atoms with van der Waals surface area (Å²) in [6.07, 6.45) is 4.53. The fourth-order valence-electron chi connectivity index (χ4n) is 4.66. The zero-order chi connectivity index (χ0) is 28.3. The van der Waals surface area contributed by atoms with Gasteiger partial charge in [-0.2, -0.15) is 0 Å². The van der Waals surface area contributed by atoms with Crippen molar-refractivity contribution in [3.63, 3.8) is 0 Å². The van der Waals surface area contributed by atoms with E-state index < -0.39 is 0 Å². The molecule has 0 bridgehead atoms. The van der Waals surface area contributed by atoms with E-state index in [0.717, 1.165) is 23.0 Å². The van der Waals surface area contributed by atoms with Gasteiger partial charge >= 0.3 is 5.97 Å². The van der Waals surface area contributed by atoms with Gasteiger partial charge in [0.25, 0.3) is 0 Å². The second kappa shape index (κ2) is 14.6. The summed E-state index contributed by atoms with van der Waals surface area (Å²) >= 11 is 5.89. The van der Waals surface area contributed by atoms with Crippen molar-refractivity contribution >= 4 is 39.9 Å². The third-order valence-electron chi connectivity index (χ3n) is 6.81. The van der Waals surface area contributed by atoms with Gasteiger partial charge in [-0.15, -0.1) is 11.6 Å². The van der Waals surface area contributed by atoms with Crippen LogP contribution in [0.3, 0.4) is 0 Å². The van der Waals surface area contributed by atoms with Gasteiger partial charge in [-0.3, -0.25) is 9.59 Å². The van der Waals surface area contributed by atoms with E-state index >= 15 is 0 Å². The number of carbonyl (C=O) groups excluding carboxylic acids is 2. The number of alkyl halides is 1. The molecule has 3 aromatic carbocycles. The quantitative estimate of drug-likeness (QED) is 0.0710. The van der Waals surface area contributed by atoms with E-state index in [4.69, 9.17) is 21.1 Å². The Labute approximate surface area is 241 Å². The van der Waals surface area contributed by atoms with E-state index in [1.165, 1.54) is 11.1 Å². The van der Waals surface area contributed by atoms with E-state index in [0.29, 0.717) is 68.3 Å². The lowest BCUT2D eigenvalue weighted by Crippen LogP contribution is -2.08. The molecule has 1 heterocycles. The van der Waals surface area contributed by atoms with Gasteiger partial charge < -0.3 is 19.4 Å². The summed E-state index contributed by atoms with van der Waals surface area (Å²) in [5.74, 6) is 0.693. The largest absolute Gasteiger partial charge is 0.493 e. The molecule has 4 rings (SSSR count). The highest BCUT2D eigenvalue weighted by atomic mass is 35.5.